The van der Waals surface area contributed by atoms with Crippen molar-refractivity contribution < 1.29 is 13.9 Å². The third-order valence-corrected chi connectivity index (χ3v) is 1.98. The molecule has 3 nitrogen and oxygen atoms in total. The molecule has 1 rings (SSSR count). The number of nitrogens with one attached hydrogen (secondary N) is 1. The molecule has 1 amide bonds. The lowest BCUT2D eigenvalue weighted by Gasteiger charge is -2.20. The van der Waals surface area contributed by atoms with Crippen molar-refractivity contribution in [2.75, 3.05) is 6.61 Å². The van der Waals surface area contributed by atoms with Crippen molar-refractivity contribution in [2.45, 2.75) is 33.2 Å². The van der Waals surface area contributed by atoms with E-state index in [2.05, 4.69) is 5.32 Å². The van der Waals surface area contributed by atoms with Crippen LogP contribution in [0.2, 0.25) is 0 Å². The van der Waals surface area contributed by atoms with E-state index in [1.807, 2.05) is 20.8 Å². The van der Waals surface area contributed by atoms with Crippen molar-refractivity contribution in [1.29, 1.82) is 0 Å². The van der Waals surface area contributed by atoms with E-state index >= 15 is 0 Å². The Bertz CT molecular complexity index is 410. The maximum Gasteiger partial charge on any atom is 0.251 e. The summed E-state index contributed by atoms with van der Waals surface area (Å²) in [5.74, 6) is -0.646. The summed E-state index contributed by atoms with van der Waals surface area (Å²) in [6.07, 6.45) is 0. The number of carbonyl (C=O) groups is 1. The van der Waals surface area contributed by atoms with Crippen molar-refractivity contribution in [3.8, 4) is 5.75 Å². The molecule has 0 heterocycles. The summed E-state index contributed by atoms with van der Waals surface area (Å²) in [4.78, 5) is 11.8. The number of amides is 1. The molecule has 0 spiro atoms. The molecule has 0 unspecified atom stereocenters. The fraction of sp³-hybridized carbons (Fsp3) is 0.462. The highest BCUT2D eigenvalue weighted by Gasteiger charge is 2.16. The zero-order valence-electron chi connectivity index (χ0n) is 10.6. The second kappa shape index (κ2) is 5.17. The van der Waals surface area contributed by atoms with Crippen LogP contribution in [0.25, 0.3) is 0 Å². The number of rotatable bonds is 3. The Morgan fingerprint density at radius 3 is 2.53 bits per heavy atom. The van der Waals surface area contributed by atoms with E-state index in [4.69, 9.17) is 4.74 Å². The molecular weight excluding hydrogens is 221 g/mol. The van der Waals surface area contributed by atoms with Crippen LogP contribution in [-0.4, -0.2) is 18.1 Å². The summed E-state index contributed by atoms with van der Waals surface area (Å²) in [6, 6.07) is 4.21. The molecule has 1 aromatic carbocycles. The highest BCUT2D eigenvalue weighted by Crippen LogP contribution is 2.18. The van der Waals surface area contributed by atoms with Crippen molar-refractivity contribution in [3.63, 3.8) is 0 Å². The van der Waals surface area contributed by atoms with Gasteiger partial charge in [-0.15, -0.1) is 0 Å². The van der Waals surface area contributed by atoms with Crippen LogP contribution in [0.1, 0.15) is 38.1 Å². The Hall–Kier alpha value is -1.58. The van der Waals surface area contributed by atoms with Crippen LogP contribution in [0.5, 0.6) is 5.75 Å². The maximum absolute atomic E-state index is 13.5. The van der Waals surface area contributed by atoms with Gasteiger partial charge in [-0.25, -0.2) is 4.39 Å². The summed E-state index contributed by atoms with van der Waals surface area (Å²) in [7, 11) is 0. The third kappa shape index (κ3) is 4.06. The van der Waals surface area contributed by atoms with Crippen LogP contribution in [0.3, 0.4) is 0 Å². The minimum absolute atomic E-state index is 0.166. The molecule has 17 heavy (non-hydrogen) atoms. The smallest absolute Gasteiger partial charge is 0.251 e. The summed E-state index contributed by atoms with van der Waals surface area (Å²) in [5, 5.41) is 2.77. The van der Waals surface area contributed by atoms with Gasteiger partial charge in [0.2, 0.25) is 0 Å². The first kappa shape index (κ1) is 13.5. The zero-order chi connectivity index (χ0) is 13.1. The minimum atomic E-state index is -0.520. The Labute approximate surface area is 101 Å². The Balaban J connectivity index is 2.86. The number of benzene rings is 1. The van der Waals surface area contributed by atoms with E-state index in [0.717, 1.165) is 0 Å². The van der Waals surface area contributed by atoms with Crippen molar-refractivity contribution >= 4 is 5.91 Å². The summed E-state index contributed by atoms with van der Waals surface area (Å²) in [6.45, 7) is 7.78. The first-order valence-corrected chi connectivity index (χ1v) is 5.58. The summed E-state index contributed by atoms with van der Waals surface area (Å²) < 4.78 is 18.6. The second-order valence-electron chi connectivity index (χ2n) is 4.78. The Kier molecular flexibility index (Phi) is 4.10. The molecule has 1 aromatic rings. The van der Waals surface area contributed by atoms with Crippen molar-refractivity contribution in [2.24, 2.45) is 0 Å². The SMILES string of the molecule is CCOc1ccc(C(=O)NC(C)(C)C)cc1F. The fourth-order valence-electron chi connectivity index (χ4n) is 1.33. The standard InChI is InChI=1S/C13H18FNO2/c1-5-17-11-7-6-9(8-10(11)14)12(16)15-13(2,3)4/h6-8H,5H2,1-4H3,(H,15,16). The average Bonchev–Trinajstić information content (AvgIpc) is 2.18. The van der Waals surface area contributed by atoms with E-state index in [-0.39, 0.29) is 17.2 Å². The largest absolute Gasteiger partial charge is 0.491 e. The minimum Gasteiger partial charge on any atom is -0.491 e. The van der Waals surface area contributed by atoms with Crippen LogP contribution < -0.4 is 10.1 Å². The monoisotopic (exact) mass is 239 g/mol. The normalized spacial score (nSPS) is 11.1. The average molecular weight is 239 g/mol. The summed E-state index contributed by atoms with van der Waals surface area (Å²) >= 11 is 0. The molecule has 0 fully saturated rings. The predicted octanol–water partition coefficient (Wildman–Crippen LogP) is 2.75. The van der Waals surface area contributed by atoms with Gasteiger partial charge < -0.3 is 10.1 Å². The number of carbonyl (C=O) groups excluding carboxylic acids is 1. The zero-order valence-corrected chi connectivity index (χ0v) is 10.6. The molecular formula is C13H18FNO2. The molecule has 0 saturated carbocycles. The molecule has 4 heteroatoms. The molecule has 0 aliphatic heterocycles. The van der Waals surface area contributed by atoms with Crippen LogP contribution in [0.4, 0.5) is 4.39 Å². The van der Waals surface area contributed by atoms with Crippen molar-refractivity contribution in [3.05, 3.63) is 29.6 Å². The molecule has 0 aliphatic rings. The number of ether oxygens (including phenoxy) is 1. The number of hydrogen-bond donors (Lipinski definition) is 1. The molecule has 0 atom stereocenters. The van der Waals surface area contributed by atoms with Gasteiger partial charge in [0.15, 0.2) is 11.6 Å². The van der Waals surface area contributed by atoms with Gasteiger partial charge in [0.05, 0.1) is 6.61 Å². The van der Waals surface area contributed by atoms with Gasteiger partial charge >= 0.3 is 0 Å². The molecule has 0 radical (unpaired) electrons. The van der Waals surface area contributed by atoms with Gasteiger partial charge in [-0.2, -0.15) is 0 Å². The molecule has 0 aromatic heterocycles. The van der Waals surface area contributed by atoms with Crippen LogP contribution in [0.15, 0.2) is 18.2 Å². The molecule has 0 aliphatic carbocycles. The lowest BCUT2D eigenvalue weighted by atomic mass is 10.1. The molecule has 94 valence electrons. The van der Waals surface area contributed by atoms with Crippen LogP contribution in [-0.2, 0) is 0 Å². The first-order valence-electron chi connectivity index (χ1n) is 5.58. The van der Waals surface area contributed by atoms with Gasteiger partial charge in [0, 0.05) is 11.1 Å². The van der Waals surface area contributed by atoms with E-state index in [9.17, 15) is 9.18 Å². The maximum atomic E-state index is 13.5. The van der Waals surface area contributed by atoms with Crippen LogP contribution >= 0.6 is 0 Å². The third-order valence-electron chi connectivity index (χ3n) is 1.98. The first-order chi connectivity index (χ1) is 7.83. The number of hydrogen-bond acceptors (Lipinski definition) is 2. The lowest BCUT2D eigenvalue weighted by molar-refractivity contribution is 0.0919. The van der Waals surface area contributed by atoms with Crippen LogP contribution in [0, 0.1) is 5.82 Å². The Morgan fingerprint density at radius 2 is 2.06 bits per heavy atom. The quantitative estimate of drug-likeness (QED) is 0.880. The van der Waals surface area contributed by atoms with Crippen molar-refractivity contribution in [1.82, 2.24) is 5.32 Å². The fourth-order valence-corrected chi connectivity index (χ4v) is 1.33. The van der Waals surface area contributed by atoms with Gasteiger partial charge in [0.1, 0.15) is 0 Å². The molecule has 0 bridgehead atoms. The van der Waals surface area contributed by atoms with Gasteiger partial charge in [-0.3, -0.25) is 4.79 Å². The topological polar surface area (TPSA) is 38.3 Å². The Morgan fingerprint density at radius 1 is 1.41 bits per heavy atom. The molecule has 0 saturated heterocycles. The summed E-state index contributed by atoms with van der Waals surface area (Å²) in [5.41, 5.74) is -0.0486. The highest BCUT2D eigenvalue weighted by atomic mass is 19.1. The van der Waals surface area contributed by atoms with E-state index in [1.165, 1.54) is 12.1 Å². The number of halogens is 1. The highest BCUT2D eigenvalue weighted by molar-refractivity contribution is 5.94. The second-order valence-corrected chi connectivity index (χ2v) is 4.78. The van der Waals surface area contributed by atoms with E-state index < -0.39 is 5.82 Å². The van der Waals surface area contributed by atoms with Gasteiger partial charge in [-0.05, 0) is 45.9 Å². The van der Waals surface area contributed by atoms with E-state index in [0.29, 0.717) is 12.2 Å². The van der Waals surface area contributed by atoms with Gasteiger partial charge in [-0.1, -0.05) is 0 Å². The molecule has 1 N–H and O–H groups in total. The van der Waals surface area contributed by atoms with E-state index in [1.54, 1.807) is 13.0 Å². The lowest BCUT2D eigenvalue weighted by Crippen LogP contribution is -2.40. The predicted molar refractivity (Wildman–Crippen MR) is 64.8 cm³/mol. The van der Waals surface area contributed by atoms with Gasteiger partial charge in [0.25, 0.3) is 5.91 Å².